The molecule has 0 saturated heterocycles. The van der Waals surface area contributed by atoms with Crippen LogP contribution < -0.4 is 9.80 Å². The van der Waals surface area contributed by atoms with E-state index in [4.69, 9.17) is 0 Å². The van der Waals surface area contributed by atoms with E-state index >= 15 is 0 Å². The normalized spacial score (nSPS) is 13.9. The molecule has 0 fully saturated rings. The van der Waals surface area contributed by atoms with E-state index in [1.54, 1.807) is 0 Å². The summed E-state index contributed by atoms with van der Waals surface area (Å²) in [7, 11) is 0. The van der Waals surface area contributed by atoms with E-state index in [0.29, 0.717) is 0 Å². The molecular weight excluding hydrogens is 785 g/mol. The summed E-state index contributed by atoms with van der Waals surface area (Å²) in [4.78, 5) is 4.90. The second-order valence-corrected chi connectivity index (χ2v) is 18.1. The van der Waals surface area contributed by atoms with Crippen molar-refractivity contribution in [3.63, 3.8) is 0 Å². The Morgan fingerprint density at radius 3 is 1.23 bits per heavy atom. The molecule has 0 unspecified atom stereocenters. The van der Waals surface area contributed by atoms with Crippen LogP contribution in [0.2, 0.25) is 0 Å². The van der Waals surface area contributed by atoms with Gasteiger partial charge in [-0.15, -0.1) is 0 Å². The molecule has 306 valence electrons. The maximum Gasteiger partial charge on any atom is 0.0534 e. The Morgan fingerprint density at radius 2 is 0.723 bits per heavy atom. The lowest BCUT2D eigenvalue weighted by Crippen LogP contribution is -2.15. The molecule has 1 aliphatic carbocycles. The van der Waals surface area contributed by atoms with Gasteiger partial charge in [-0.25, -0.2) is 0 Å². The van der Waals surface area contributed by atoms with E-state index in [1.165, 1.54) is 88.3 Å². The van der Waals surface area contributed by atoms with Gasteiger partial charge in [0.1, 0.15) is 0 Å². The minimum atomic E-state index is -0.149. The average Bonchev–Trinajstić information content (AvgIpc) is 3.47. The highest BCUT2D eigenvalue weighted by Gasteiger charge is 2.36. The Balaban J connectivity index is 1.14. The molecule has 0 spiro atoms. The maximum atomic E-state index is 2.50. The number of para-hydroxylation sites is 4. The highest BCUT2D eigenvalue weighted by atomic mass is 15.2. The summed E-state index contributed by atoms with van der Waals surface area (Å²) in [5, 5.41) is 4.87. The summed E-state index contributed by atoms with van der Waals surface area (Å²) < 4.78 is 0. The third-order valence-corrected chi connectivity index (χ3v) is 14.1. The van der Waals surface area contributed by atoms with Crippen LogP contribution in [-0.2, 0) is 5.41 Å². The van der Waals surface area contributed by atoms with E-state index < -0.39 is 0 Å². The van der Waals surface area contributed by atoms with Crippen LogP contribution >= 0.6 is 0 Å². The van der Waals surface area contributed by atoms with E-state index in [-0.39, 0.29) is 5.41 Å². The van der Waals surface area contributed by atoms with E-state index in [0.717, 1.165) is 34.1 Å². The molecule has 2 aliphatic heterocycles. The largest absolute Gasteiger partial charge is 0.309 e. The molecule has 0 atom stereocenters. The number of nitrogens with zero attached hydrogens (tertiary/aromatic N) is 2. The lowest BCUT2D eigenvalue weighted by molar-refractivity contribution is 0.660. The quantitative estimate of drug-likeness (QED) is 0.163. The summed E-state index contributed by atoms with van der Waals surface area (Å²) in [6.45, 7) is 4.77. The molecular formula is C63H44N2. The molecule has 3 aliphatic rings. The van der Waals surface area contributed by atoms with Gasteiger partial charge in [-0.05, 0) is 143 Å². The van der Waals surface area contributed by atoms with Gasteiger partial charge in [0.25, 0.3) is 0 Å². The van der Waals surface area contributed by atoms with Crippen molar-refractivity contribution >= 4 is 80.0 Å². The highest BCUT2D eigenvalue weighted by Crippen LogP contribution is 2.53. The monoisotopic (exact) mass is 828 g/mol. The number of anilines is 6. The minimum absolute atomic E-state index is 0.149. The van der Waals surface area contributed by atoms with E-state index in [9.17, 15) is 0 Å². The van der Waals surface area contributed by atoms with Crippen molar-refractivity contribution in [2.75, 3.05) is 9.80 Å². The second-order valence-electron chi connectivity index (χ2n) is 18.1. The molecule has 0 amide bonds. The van der Waals surface area contributed by atoms with Gasteiger partial charge in [0.2, 0.25) is 0 Å². The topological polar surface area (TPSA) is 6.48 Å². The average molecular weight is 829 g/mol. The number of hydrogen-bond acceptors (Lipinski definition) is 2. The lowest BCUT2D eigenvalue weighted by atomic mass is 9.80. The van der Waals surface area contributed by atoms with Crippen LogP contribution in [0.25, 0.3) is 79.2 Å². The third-order valence-electron chi connectivity index (χ3n) is 14.1. The van der Waals surface area contributed by atoms with Crippen LogP contribution in [0.4, 0.5) is 34.1 Å². The first-order chi connectivity index (χ1) is 32.0. The molecule has 0 saturated carbocycles. The molecule has 2 nitrogen and oxygen atoms in total. The predicted molar refractivity (Wildman–Crippen MR) is 277 cm³/mol. The van der Waals surface area contributed by atoms with Crippen molar-refractivity contribution in [3.8, 4) is 33.4 Å². The van der Waals surface area contributed by atoms with Crippen LogP contribution in [0.3, 0.4) is 0 Å². The molecule has 2 heteroatoms. The Bertz CT molecular complexity index is 3550. The fourth-order valence-corrected chi connectivity index (χ4v) is 11.1. The molecule has 10 aromatic rings. The Morgan fingerprint density at radius 1 is 0.308 bits per heavy atom. The highest BCUT2D eigenvalue weighted by molar-refractivity contribution is 6.23. The van der Waals surface area contributed by atoms with Crippen LogP contribution in [0.1, 0.15) is 47.2 Å². The zero-order valence-corrected chi connectivity index (χ0v) is 36.3. The molecule has 10 aromatic carbocycles. The standard InChI is InChI=1S/C63H44N2/c1-63(2)55-23-11-10-22-49(55)50-35-32-46(38-56(50)63)62-52-37-34-47(64-57-24-12-6-16-41(57)28-29-42-17-7-13-25-58(42)64)39-53(52)61(45-20-4-3-5-21-45)51-36-33-48(40-54(51)62)65-59-26-14-8-18-43(59)30-31-44-19-9-15-27-60(44)65/h3-40H,1-2H3. The van der Waals surface area contributed by atoms with Crippen LogP contribution in [0.5, 0.6) is 0 Å². The molecule has 0 radical (unpaired) electrons. The predicted octanol–water partition coefficient (Wildman–Crippen LogP) is 17.5. The fourth-order valence-electron chi connectivity index (χ4n) is 11.1. The SMILES string of the molecule is CC1(C)c2ccccc2-c2ccc(-c3c4ccc(N5c6ccccc6C=Cc6ccccc65)cc4c(-c4ccccc4)c4ccc(N5c6ccccc6C=Cc6ccccc65)cc34)cc21. The van der Waals surface area contributed by atoms with Crippen molar-refractivity contribution in [2.45, 2.75) is 19.3 Å². The number of hydrogen-bond donors (Lipinski definition) is 0. The molecule has 13 rings (SSSR count). The summed E-state index contributed by atoms with van der Waals surface area (Å²) in [6, 6.07) is 76.6. The number of rotatable bonds is 4. The zero-order chi connectivity index (χ0) is 43.2. The van der Waals surface area contributed by atoms with E-state index in [2.05, 4.69) is 254 Å². The Hall–Kier alpha value is -8.20. The second kappa shape index (κ2) is 14.4. The Kier molecular flexibility index (Phi) is 8.29. The maximum absolute atomic E-state index is 2.50. The van der Waals surface area contributed by atoms with Crippen molar-refractivity contribution in [3.05, 3.63) is 240 Å². The zero-order valence-electron chi connectivity index (χ0n) is 36.3. The van der Waals surface area contributed by atoms with Gasteiger partial charge in [-0.1, -0.05) is 190 Å². The van der Waals surface area contributed by atoms with Crippen molar-refractivity contribution in [2.24, 2.45) is 0 Å². The van der Waals surface area contributed by atoms with Gasteiger partial charge in [0, 0.05) is 16.8 Å². The van der Waals surface area contributed by atoms with E-state index in [1.807, 2.05) is 0 Å². The fraction of sp³-hybridized carbons (Fsp3) is 0.0476. The summed E-state index contributed by atoms with van der Waals surface area (Å²) in [5.41, 5.74) is 21.8. The van der Waals surface area contributed by atoms with Crippen molar-refractivity contribution < 1.29 is 0 Å². The van der Waals surface area contributed by atoms with Gasteiger partial charge >= 0.3 is 0 Å². The smallest absolute Gasteiger partial charge is 0.0534 e. The molecule has 0 bridgehead atoms. The summed E-state index contributed by atoms with van der Waals surface area (Å²) >= 11 is 0. The first kappa shape index (κ1) is 37.4. The molecule has 0 aromatic heterocycles. The Labute approximate surface area is 380 Å². The van der Waals surface area contributed by atoms with Crippen molar-refractivity contribution in [1.82, 2.24) is 0 Å². The first-order valence-electron chi connectivity index (χ1n) is 22.7. The van der Waals surface area contributed by atoms with Crippen LogP contribution in [0.15, 0.2) is 206 Å². The molecule has 0 N–H and O–H groups in total. The summed E-state index contributed by atoms with van der Waals surface area (Å²) in [5.74, 6) is 0. The number of benzene rings is 10. The van der Waals surface area contributed by atoms with Gasteiger partial charge in [0.05, 0.1) is 22.7 Å². The van der Waals surface area contributed by atoms with Gasteiger partial charge < -0.3 is 9.80 Å². The van der Waals surface area contributed by atoms with Crippen LogP contribution in [0, 0.1) is 0 Å². The van der Waals surface area contributed by atoms with Gasteiger partial charge in [-0.3, -0.25) is 0 Å². The third kappa shape index (κ3) is 5.74. The summed E-state index contributed by atoms with van der Waals surface area (Å²) in [6.07, 6.45) is 9.00. The number of fused-ring (bicyclic) bond motifs is 9. The molecule has 2 heterocycles. The van der Waals surface area contributed by atoms with Crippen molar-refractivity contribution in [1.29, 1.82) is 0 Å². The lowest BCUT2D eigenvalue weighted by Gasteiger charge is -2.29. The van der Waals surface area contributed by atoms with Crippen LogP contribution in [-0.4, -0.2) is 0 Å². The first-order valence-corrected chi connectivity index (χ1v) is 22.7. The minimum Gasteiger partial charge on any atom is -0.309 e. The van der Waals surface area contributed by atoms with Gasteiger partial charge in [-0.2, -0.15) is 0 Å². The molecule has 65 heavy (non-hydrogen) atoms. The van der Waals surface area contributed by atoms with Gasteiger partial charge in [0.15, 0.2) is 0 Å².